The summed E-state index contributed by atoms with van der Waals surface area (Å²) in [5.74, 6) is 0.725. The van der Waals surface area contributed by atoms with E-state index in [1.165, 1.54) is 12.1 Å². The second-order valence-electron chi connectivity index (χ2n) is 8.40. The average Bonchev–Trinajstić information content (AvgIpc) is 3.27. The van der Waals surface area contributed by atoms with Crippen LogP contribution in [0.1, 0.15) is 37.6 Å². The molecule has 0 aliphatic carbocycles. The molecule has 0 atom stereocenters. The van der Waals surface area contributed by atoms with E-state index in [2.05, 4.69) is 5.32 Å². The van der Waals surface area contributed by atoms with E-state index in [0.717, 1.165) is 22.5 Å². The molecule has 1 N–H and O–H groups in total. The quantitative estimate of drug-likeness (QED) is 0.421. The molecule has 0 unspecified atom stereocenters. The molecule has 1 aliphatic rings. The number of nitrogens with one attached hydrogen (secondary N) is 1. The van der Waals surface area contributed by atoms with E-state index in [1.54, 1.807) is 23.1 Å². The Bertz CT molecular complexity index is 1390. The van der Waals surface area contributed by atoms with Gasteiger partial charge in [-0.05, 0) is 55.0 Å². The van der Waals surface area contributed by atoms with Gasteiger partial charge in [0.1, 0.15) is 17.3 Å². The van der Waals surface area contributed by atoms with Gasteiger partial charge in [0.05, 0.1) is 0 Å². The lowest BCUT2D eigenvalue weighted by Gasteiger charge is -2.26. The zero-order chi connectivity index (χ0) is 23.7. The lowest BCUT2D eigenvalue weighted by atomic mass is 10.1. The molecule has 0 radical (unpaired) electrons. The fourth-order valence-corrected chi connectivity index (χ4v) is 4.23. The maximum atomic E-state index is 13.5. The third-order valence-corrected chi connectivity index (χ3v) is 6.02. The number of fused-ring (bicyclic) bond motifs is 1. The molecule has 5 rings (SSSR count). The van der Waals surface area contributed by atoms with Crippen LogP contribution in [0.3, 0.4) is 0 Å². The third-order valence-electron chi connectivity index (χ3n) is 6.02. The highest BCUT2D eigenvalue weighted by Gasteiger charge is 2.25. The van der Waals surface area contributed by atoms with Gasteiger partial charge in [0, 0.05) is 47.5 Å². The third kappa shape index (κ3) is 4.35. The minimum atomic E-state index is -0.427. The Labute approximate surface area is 196 Å². The van der Waals surface area contributed by atoms with Crippen molar-refractivity contribution in [1.82, 2.24) is 4.90 Å². The molecule has 6 heteroatoms. The van der Waals surface area contributed by atoms with Crippen molar-refractivity contribution < 1.29 is 18.4 Å². The standard InChI is InChI=1S/C28H23FN2O3/c1-18-6-2-3-11-24(18)27(32)30-23-10-5-7-19(15-23)26-16-21-17-31(13-12-25(21)34-26)28(33)20-8-4-9-22(29)14-20/h2-11,14-16H,12-13,17H2,1H3,(H,30,32). The van der Waals surface area contributed by atoms with Crippen molar-refractivity contribution in [3.63, 3.8) is 0 Å². The smallest absolute Gasteiger partial charge is 0.255 e. The Balaban J connectivity index is 1.33. The minimum absolute atomic E-state index is 0.166. The largest absolute Gasteiger partial charge is 0.461 e. The topological polar surface area (TPSA) is 62.6 Å². The Kier molecular flexibility index (Phi) is 5.72. The van der Waals surface area contributed by atoms with Crippen LogP contribution in [-0.2, 0) is 13.0 Å². The van der Waals surface area contributed by atoms with Crippen molar-refractivity contribution in [1.29, 1.82) is 0 Å². The molecule has 1 aromatic heterocycles. The van der Waals surface area contributed by atoms with Crippen LogP contribution in [0.5, 0.6) is 0 Å². The molecule has 4 aromatic rings. The van der Waals surface area contributed by atoms with Crippen LogP contribution in [0.25, 0.3) is 11.3 Å². The lowest BCUT2D eigenvalue weighted by molar-refractivity contribution is 0.0729. The molecule has 0 saturated carbocycles. The Morgan fingerprint density at radius 3 is 2.62 bits per heavy atom. The van der Waals surface area contributed by atoms with Crippen LogP contribution >= 0.6 is 0 Å². The van der Waals surface area contributed by atoms with Crippen LogP contribution in [0.15, 0.2) is 83.3 Å². The minimum Gasteiger partial charge on any atom is -0.461 e. The maximum absolute atomic E-state index is 13.5. The van der Waals surface area contributed by atoms with Gasteiger partial charge in [-0.15, -0.1) is 0 Å². The van der Waals surface area contributed by atoms with E-state index in [1.807, 2.05) is 55.5 Å². The number of anilines is 1. The number of carbonyl (C=O) groups is 2. The van der Waals surface area contributed by atoms with Crippen molar-refractivity contribution in [2.24, 2.45) is 0 Å². The highest BCUT2D eigenvalue weighted by Crippen LogP contribution is 2.31. The van der Waals surface area contributed by atoms with Gasteiger partial charge < -0.3 is 14.6 Å². The number of amides is 2. The molecule has 0 saturated heterocycles. The van der Waals surface area contributed by atoms with Crippen molar-refractivity contribution in [3.05, 3.63) is 113 Å². The number of aryl methyl sites for hydroxylation is 1. The normalized spacial score (nSPS) is 12.8. The predicted octanol–water partition coefficient (Wildman–Crippen LogP) is 5.84. The number of furan rings is 1. The van der Waals surface area contributed by atoms with Gasteiger partial charge in [0.2, 0.25) is 0 Å². The van der Waals surface area contributed by atoms with Crippen molar-refractivity contribution in [3.8, 4) is 11.3 Å². The summed E-state index contributed by atoms with van der Waals surface area (Å²) in [7, 11) is 0. The Hall–Kier alpha value is -4.19. The van der Waals surface area contributed by atoms with E-state index in [9.17, 15) is 14.0 Å². The molecule has 1 aliphatic heterocycles. The van der Waals surface area contributed by atoms with E-state index in [0.29, 0.717) is 42.1 Å². The van der Waals surface area contributed by atoms with Crippen molar-refractivity contribution in [2.45, 2.75) is 19.9 Å². The highest BCUT2D eigenvalue weighted by atomic mass is 19.1. The van der Waals surface area contributed by atoms with Gasteiger partial charge >= 0.3 is 0 Å². The van der Waals surface area contributed by atoms with Gasteiger partial charge in [-0.1, -0.05) is 36.4 Å². The van der Waals surface area contributed by atoms with Crippen LogP contribution < -0.4 is 5.32 Å². The first kappa shape index (κ1) is 21.6. The predicted molar refractivity (Wildman–Crippen MR) is 128 cm³/mol. The number of hydrogen-bond donors (Lipinski definition) is 1. The zero-order valence-electron chi connectivity index (χ0n) is 18.7. The van der Waals surface area contributed by atoms with Gasteiger partial charge in [0.25, 0.3) is 11.8 Å². The second-order valence-corrected chi connectivity index (χ2v) is 8.40. The van der Waals surface area contributed by atoms with E-state index >= 15 is 0 Å². The molecular weight excluding hydrogens is 431 g/mol. The van der Waals surface area contributed by atoms with Gasteiger partial charge in [-0.3, -0.25) is 9.59 Å². The SMILES string of the molecule is Cc1ccccc1C(=O)Nc1cccc(-c2cc3c(o2)CCN(C(=O)c2cccc(F)c2)C3)c1. The fraction of sp³-hybridized carbons (Fsp3) is 0.143. The number of nitrogens with zero attached hydrogens (tertiary/aromatic N) is 1. The van der Waals surface area contributed by atoms with Gasteiger partial charge in [0.15, 0.2) is 0 Å². The number of benzene rings is 3. The van der Waals surface area contributed by atoms with E-state index in [4.69, 9.17) is 4.42 Å². The van der Waals surface area contributed by atoms with Crippen LogP contribution in [0.4, 0.5) is 10.1 Å². The van der Waals surface area contributed by atoms with Crippen molar-refractivity contribution in [2.75, 3.05) is 11.9 Å². The lowest BCUT2D eigenvalue weighted by Crippen LogP contribution is -2.35. The van der Waals surface area contributed by atoms with Gasteiger partial charge in [-0.25, -0.2) is 4.39 Å². The summed E-state index contributed by atoms with van der Waals surface area (Å²) in [6.45, 7) is 2.81. The number of hydrogen-bond acceptors (Lipinski definition) is 3. The first-order valence-corrected chi connectivity index (χ1v) is 11.1. The summed E-state index contributed by atoms with van der Waals surface area (Å²) < 4.78 is 19.6. The summed E-state index contributed by atoms with van der Waals surface area (Å²) in [4.78, 5) is 27.2. The van der Waals surface area contributed by atoms with Crippen LogP contribution in [0.2, 0.25) is 0 Å². The first-order valence-electron chi connectivity index (χ1n) is 11.1. The molecule has 170 valence electrons. The zero-order valence-corrected chi connectivity index (χ0v) is 18.7. The molecule has 0 fully saturated rings. The summed E-state index contributed by atoms with van der Waals surface area (Å²) in [6.07, 6.45) is 0.583. The van der Waals surface area contributed by atoms with E-state index in [-0.39, 0.29) is 11.8 Å². The number of halogens is 1. The van der Waals surface area contributed by atoms with Crippen molar-refractivity contribution >= 4 is 17.5 Å². The summed E-state index contributed by atoms with van der Waals surface area (Å²) in [6, 6.07) is 22.6. The monoisotopic (exact) mass is 454 g/mol. The highest BCUT2D eigenvalue weighted by molar-refractivity contribution is 6.05. The average molecular weight is 455 g/mol. The Morgan fingerprint density at radius 1 is 0.971 bits per heavy atom. The second kappa shape index (κ2) is 8.98. The summed E-state index contributed by atoms with van der Waals surface area (Å²) >= 11 is 0. The maximum Gasteiger partial charge on any atom is 0.255 e. The molecule has 2 amide bonds. The van der Waals surface area contributed by atoms with Gasteiger partial charge in [-0.2, -0.15) is 0 Å². The molecule has 2 heterocycles. The van der Waals surface area contributed by atoms with Crippen LogP contribution in [0, 0.1) is 12.7 Å². The molecule has 34 heavy (non-hydrogen) atoms. The number of rotatable bonds is 4. The molecule has 3 aromatic carbocycles. The Morgan fingerprint density at radius 2 is 1.79 bits per heavy atom. The van der Waals surface area contributed by atoms with Crippen LogP contribution in [-0.4, -0.2) is 23.3 Å². The molecule has 0 bridgehead atoms. The molecule has 0 spiro atoms. The van der Waals surface area contributed by atoms with E-state index < -0.39 is 5.82 Å². The molecule has 5 nitrogen and oxygen atoms in total. The summed E-state index contributed by atoms with van der Waals surface area (Å²) in [5, 5.41) is 2.95. The first-order chi connectivity index (χ1) is 16.5. The fourth-order valence-electron chi connectivity index (χ4n) is 4.23. The summed E-state index contributed by atoms with van der Waals surface area (Å²) in [5.41, 5.74) is 4.31. The molecular formula is C28H23FN2O3. The number of carbonyl (C=O) groups excluding carboxylic acids is 2.